The molecule has 5 N–H and O–H groups in total. The first-order valence-electron chi connectivity index (χ1n) is 9.91. The lowest BCUT2D eigenvalue weighted by Crippen LogP contribution is -2.57. The molecule has 0 spiro atoms. The minimum atomic E-state index is -4.78. The summed E-state index contributed by atoms with van der Waals surface area (Å²) in [6, 6.07) is 5.28. The van der Waals surface area contributed by atoms with Gasteiger partial charge in [0.2, 0.25) is 5.72 Å². The van der Waals surface area contributed by atoms with E-state index in [2.05, 4.69) is 10.2 Å². The van der Waals surface area contributed by atoms with Crippen molar-refractivity contribution in [3.8, 4) is 0 Å². The van der Waals surface area contributed by atoms with Gasteiger partial charge in [0.25, 0.3) is 5.91 Å². The third-order valence-corrected chi connectivity index (χ3v) is 4.98. The summed E-state index contributed by atoms with van der Waals surface area (Å²) in [5.74, 6) is -5.52. The van der Waals surface area contributed by atoms with Crippen LogP contribution in [-0.2, 0) is 17.4 Å². The fraction of sp³-hybridized carbons (Fsp3) is 0.429. The summed E-state index contributed by atoms with van der Waals surface area (Å²) >= 11 is 0. The van der Waals surface area contributed by atoms with Crippen LogP contribution in [-0.4, -0.2) is 62.3 Å². The molecule has 1 aromatic heterocycles. The molecular formula is C21H25F3N4O5. The summed E-state index contributed by atoms with van der Waals surface area (Å²) in [5.41, 5.74) is 0.186. The number of aliphatic carboxylic acids is 1. The van der Waals surface area contributed by atoms with E-state index in [0.717, 1.165) is 24.3 Å². The Morgan fingerprint density at radius 1 is 1.21 bits per heavy atom. The maximum absolute atomic E-state index is 13.4. The Morgan fingerprint density at radius 3 is 2.36 bits per heavy atom. The summed E-state index contributed by atoms with van der Waals surface area (Å²) in [4.78, 5) is 38.5. The molecule has 1 heterocycles. The molecule has 2 aromatic rings. The number of halogens is 3. The molecule has 180 valence electrons. The predicted octanol–water partition coefficient (Wildman–Crippen LogP) is 1.93. The largest absolute Gasteiger partial charge is 0.478 e. The Labute approximate surface area is 187 Å². The van der Waals surface area contributed by atoms with Crippen molar-refractivity contribution in [1.29, 1.82) is 0 Å². The van der Waals surface area contributed by atoms with Crippen molar-refractivity contribution < 1.29 is 37.8 Å². The highest BCUT2D eigenvalue weighted by molar-refractivity contribution is 6.02. The Bertz CT molecular complexity index is 1030. The summed E-state index contributed by atoms with van der Waals surface area (Å²) in [5, 5.41) is 25.7. The maximum Gasteiger partial charge on any atom is 0.416 e. The number of carboxylic acid groups (broad SMARTS) is 1. The molecule has 12 heteroatoms. The van der Waals surface area contributed by atoms with Crippen molar-refractivity contribution in [3.63, 3.8) is 0 Å². The van der Waals surface area contributed by atoms with Gasteiger partial charge in [0, 0.05) is 13.6 Å². The van der Waals surface area contributed by atoms with E-state index in [1.807, 2.05) is 13.8 Å². The molecule has 0 radical (unpaired) electrons. The van der Waals surface area contributed by atoms with Gasteiger partial charge in [-0.25, -0.2) is 4.79 Å². The number of amides is 1. The van der Waals surface area contributed by atoms with Crippen molar-refractivity contribution in [2.75, 3.05) is 13.6 Å². The van der Waals surface area contributed by atoms with Gasteiger partial charge in [-0.1, -0.05) is 32.0 Å². The number of nitrogens with two attached hydrogens (primary N) is 1. The van der Waals surface area contributed by atoms with E-state index in [0.29, 0.717) is 6.54 Å². The van der Waals surface area contributed by atoms with E-state index in [9.17, 15) is 37.8 Å². The number of aliphatic hydroxyl groups is 1. The highest BCUT2D eigenvalue weighted by Crippen LogP contribution is 2.34. The second kappa shape index (κ2) is 9.71. The van der Waals surface area contributed by atoms with Gasteiger partial charge < -0.3 is 15.1 Å². The summed E-state index contributed by atoms with van der Waals surface area (Å²) in [6.45, 7) is 4.19. The molecule has 0 bridgehead atoms. The number of Topliss-reactive ketones (excluding diaryl/α,β-unsaturated/α-hetero) is 1. The van der Waals surface area contributed by atoms with E-state index in [1.165, 1.54) is 18.0 Å². The minimum Gasteiger partial charge on any atom is -0.478 e. The van der Waals surface area contributed by atoms with Crippen LogP contribution in [0.5, 0.6) is 0 Å². The van der Waals surface area contributed by atoms with Crippen molar-refractivity contribution in [1.82, 2.24) is 15.1 Å². The predicted molar refractivity (Wildman–Crippen MR) is 110 cm³/mol. The molecule has 9 nitrogen and oxygen atoms in total. The van der Waals surface area contributed by atoms with Gasteiger partial charge in [0.15, 0.2) is 5.78 Å². The molecule has 0 aliphatic carbocycles. The average molecular weight is 470 g/mol. The molecule has 0 saturated heterocycles. The van der Waals surface area contributed by atoms with Crippen molar-refractivity contribution in [2.45, 2.75) is 32.2 Å². The number of hydrogen-bond acceptors (Lipinski definition) is 6. The topological polar surface area (TPSA) is 150 Å². The monoisotopic (exact) mass is 470 g/mol. The van der Waals surface area contributed by atoms with Crippen LogP contribution in [0.4, 0.5) is 13.2 Å². The number of alkyl halides is 3. The first kappa shape index (κ1) is 26.0. The Balaban J connectivity index is 2.43. The fourth-order valence-corrected chi connectivity index (χ4v) is 3.36. The molecule has 0 fully saturated rings. The van der Waals surface area contributed by atoms with E-state index < -0.39 is 58.7 Å². The number of aromatic amines is 1. The molecule has 2 atom stereocenters. The zero-order valence-corrected chi connectivity index (χ0v) is 18.2. The Hall–Kier alpha value is -3.25. The van der Waals surface area contributed by atoms with Crippen LogP contribution in [0.25, 0.3) is 0 Å². The lowest BCUT2D eigenvalue weighted by molar-refractivity contribution is -0.162. The second-order valence-electron chi connectivity index (χ2n) is 8.15. The summed E-state index contributed by atoms with van der Waals surface area (Å²) in [7, 11) is 1.53. The molecule has 0 aliphatic heterocycles. The number of rotatable bonds is 9. The quantitative estimate of drug-likeness (QED) is 0.323. The molecule has 2 rings (SSSR count). The average Bonchev–Trinajstić information content (AvgIpc) is 3.20. The van der Waals surface area contributed by atoms with Gasteiger partial charge in [-0.3, -0.25) is 20.4 Å². The normalized spacial score (nSPS) is 14.6. The van der Waals surface area contributed by atoms with Crippen LogP contribution in [0.2, 0.25) is 0 Å². The molecule has 0 aliphatic rings. The third-order valence-electron chi connectivity index (χ3n) is 4.98. The lowest BCUT2D eigenvalue weighted by atomic mass is 9.83. The van der Waals surface area contributed by atoms with Crippen LogP contribution in [0.1, 0.15) is 46.0 Å². The highest BCUT2D eigenvalue weighted by atomic mass is 19.4. The fourth-order valence-electron chi connectivity index (χ4n) is 3.36. The van der Waals surface area contributed by atoms with Gasteiger partial charge in [0.1, 0.15) is 11.4 Å². The molecule has 0 unspecified atom stereocenters. The van der Waals surface area contributed by atoms with Crippen LogP contribution in [0.3, 0.4) is 0 Å². The third kappa shape index (κ3) is 5.96. The van der Waals surface area contributed by atoms with Gasteiger partial charge in [-0.05, 0) is 30.0 Å². The number of nitrogens with one attached hydrogen (secondary N) is 1. The van der Waals surface area contributed by atoms with E-state index >= 15 is 0 Å². The highest BCUT2D eigenvalue weighted by Gasteiger charge is 2.47. The van der Waals surface area contributed by atoms with Crippen molar-refractivity contribution in [2.24, 2.45) is 17.6 Å². The Morgan fingerprint density at radius 2 is 1.82 bits per heavy atom. The molecule has 1 aromatic carbocycles. The SMILES string of the molecule is CC(C)CN(C)C(=O)c1cc(C(=O)[C@H](Cc2ccccc2C(F)(F)F)[C@@](N)(O)C(=O)O)n[nH]1. The van der Waals surface area contributed by atoms with E-state index in [1.54, 1.807) is 0 Å². The number of benzene rings is 1. The van der Waals surface area contributed by atoms with Gasteiger partial charge in [-0.15, -0.1) is 0 Å². The molecule has 33 heavy (non-hydrogen) atoms. The van der Waals surface area contributed by atoms with Crippen LogP contribution in [0.15, 0.2) is 30.3 Å². The number of nitrogens with zero attached hydrogens (tertiary/aromatic N) is 2. The van der Waals surface area contributed by atoms with Gasteiger partial charge in [0.05, 0.1) is 11.5 Å². The van der Waals surface area contributed by atoms with Gasteiger partial charge in [-0.2, -0.15) is 18.3 Å². The van der Waals surface area contributed by atoms with E-state index in [-0.39, 0.29) is 11.6 Å². The number of carbonyl (C=O) groups excluding carboxylic acids is 2. The number of H-pyrrole nitrogens is 1. The molecule has 1 amide bonds. The number of aromatic nitrogens is 2. The number of carbonyl (C=O) groups is 3. The molecular weight excluding hydrogens is 445 g/mol. The Kier molecular flexibility index (Phi) is 7.65. The van der Waals surface area contributed by atoms with Gasteiger partial charge >= 0.3 is 12.1 Å². The van der Waals surface area contributed by atoms with Crippen LogP contribution >= 0.6 is 0 Å². The zero-order chi connectivity index (χ0) is 25.1. The maximum atomic E-state index is 13.4. The smallest absolute Gasteiger partial charge is 0.416 e. The van der Waals surface area contributed by atoms with Crippen molar-refractivity contribution in [3.05, 3.63) is 52.8 Å². The summed E-state index contributed by atoms with van der Waals surface area (Å²) in [6.07, 6.45) is -5.62. The van der Waals surface area contributed by atoms with Crippen molar-refractivity contribution >= 4 is 17.7 Å². The van der Waals surface area contributed by atoms with Crippen LogP contribution in [0, 0.1) is 11.8 Å². The number of ketones is 1. The molecule has 0 saturated carbocycles. The van der Waals surface area contributed by atoms with Crippen LogP contribution < -0.4 is 5.73 Å². The second-order valence-corrected chi connectivity index (χ2v) is 8.15. The first-order valence-corrected chi connectivity index (χ1v) is 9.91. The lowest BCUT2D eigenvalue weighted by Gasteiger charge is -2.28. The zero-order valence-electron chi connectivity index (χ0n) is 18.2. The minimum absolute atomic E-state index is 0.0909. The summed E-state index contributed by atoms with van der Waals surface area (Å²) < 4.78 is 40.1. The van der Waals surface area contributed by atoms with E-state index in [4.69, 9.17) is 5.73 Å². The first-order chi connectivity index (χ1) is 15.2. The standard InChI is InChI=1S/C21H25F3N4O5/c1-11(2)10-28(3)18(30)16-9-15(26-27-16)17(29)14(20(25,33)19(31)32)8-12-6-4-5-7-13(12)21(22,23)24/h4-7,9,11,14,33H,8,10,25H2,1-3H3,(H,26,27)(H,31,32)/t14-,20+/m0/s1. The number of carboxylic acids is 1. The number of hydrogen-bond donors (Lipinski definition) is 4.